The van der Waals surface area contributed by atoms with Gasteiger partial charge < -0.3 is 15.2 Å². The highest BCUT2D eigenvalue weighted by Gasteiger charge is 2.28. The van der Waals surface area contributed by atoms with Crippen molar-refractivity contribution in [3.05, 3.63) is 90.3 Å². The maximum absolute atomic E-state index is 12.2. The number of nitrogens with one attached hydrogen (secondary N) is 2. The topological polar surface area (TPSA) is 83.5 Å². The first-order valence-corrected chi connectivity index (χ1v) is 11.3. The lowest BCUT2D eigenvalue weighted by Crippen LogP contribution is -2.46. The van der Waals surface area contributed by atoms with Crippen LogP contribution in [0.1, 0.15) is 27.7 Å². The number of para-hydroxylation sites is 1. The fourth-order valence-electron chi connectivity index (χ4n) is 3.43. The molecule has 3 atom stereocenters. The lowest BCUT2D eigenvalue weighted by molar-refractivity contribution is 0.0923. The van der Waals surface area contributed by atoms with Crippen LogP contribution in [-0.2, 0) is 0 Å². The van der Waals surface area contributed by atoms with E-state index >= 15 is 0 Å². The Kier molecular flexibility index (Phi) is 7.19. The van der Waals surface area contributed by atoms with E-state index in [0.29, 0.717) is 12.2 Å². The molecule has 1 aliphatic heterocycles. The molecular weight excluding hydrogens is 410 g/mol. The molecule has 31 heavy (non-hydrogen) atoms. The van der Waals surface area contributed by atoms with Gasteiger partial charge in [-0.15, -0.1) is 11.8 Å². The van der Waals surface area contributed by atoms with Gasteiger partial charge in [0, 0.05) is 18.8 Å². The number of hydrogen-bond acceptors (Lipinski definition) is 6. The molecule has 1 aromatic heterocycles. The highest BCUT2D eigenvalue weighted by atomic mass is 32.2. The largest absolute Gasteiger partial charge is 0.457 e. The van der Waals surface area contributed by atoms with Gasteiger partial charge in [0.1, 0.15) is 23.4 Å². The molecule has 1 fully saturated rings. The minimum atomic E-state index is -0.717. The standard InChI is InChI=1S/C24H25N3O3S/c28-23(21-8-4-5-14-25-21)26-16-18-13-15-31-22(24(29)27-18)17-9-11-20(12-10-17)30-19-6-2-1-3-7-19/h1-12,14,18,22,24,27,29H,13,15-16H2,(H,26,28)/t18-,22+,24?/m0/s1. The number of amides is 1. The molecule has 2 heterocycles. The summed E-state index contributed by atoms with van der Waals surface area (Å²) in [5.41, 5.74) is 1.42. The van der Waals surface area contributed by atoms with E-state index in [2.05, 4.69) is 15.6 Å². The first-order valence-electron chi connectivity index (χ1n) is 10.3. The predicted octanol–water partition coefficient (Wildman–Crippen LogP) is 3.76. The van der Waals surface area contributed by atoms with Gasteiger partial charge in [-0.1, -0.05) is 36.4 Å². The second kappa shape index (κ2) is 10.4. The van der Waals surface area contributed by atoms with Crippen molar-refractivity contribution in [2.45, 2.75) is 23.9 Å². The van der Waals surface area contributed by atoms with Crippen LogP contribution in [0.3, 0.4) is 0 Å². The van der Waals surface area contributed by atoms with Crippen LogP contribution in [0.2, 0.25) is 0 Å². The molecule has 1 aliphatic rings. The number of benzene rings is 2. The minimum Gasteiger partial charge on any atom is -0.457 e. The fourth-order valence-corrected chi connectivity index (χ4v) is 4.72. The number of nitrogens with zero attached hydrogens (tertiary/aromatic N) is 1. The van der Waals surface area contributed by atoms with Crippen molar-refractivity contribution in [3.63, 3.8) is 0 Å². The maximum atomic E-state index is 12.2. The number of aliphatic hydroxyl groups excluding tert-OH is 1. The first-order chi connectivity index (χ1) is 15.2. The van der Waals surface area contributed by atoms with E-state index in [9.17, 15) is 9.90 Å². The lowest BCUT2D eigenvalue weighted by atomic mass is 10.1. The minimum absolute atomic E-state index is 0.0131. The molecule has 1 saturated heterocycles. The molecule has 0 aliphatic carbocycles. The smallest absolute Gasteiger partial charge is 0.269 e. The number of aromatic nitrogens is 1. The quantitative estimate of drug-likeness (QED) is 0.547. The van der Waals surface area contributed by atoms with Crippen LogP contribution < -0.4 is 15.4 Å². The van der Waals surface area contributed by atoms with E-state index in [-0.39, 0.29) is 17.2 Å². The summed E-state index contributed by atoms with van der Waals surface area (Å²) in [5, 5.41) is 16.8. The number of pyridine rings is 1. The predicted molar refractivity (Wildman–Crippen MR) is 122 cm³/mol. The number of carbonyl (C=O) groups excluding carboxylic acids is 1. The second-order valence-corrected chi connectivity index (χ2v) is 8.55. The molecule has 0 bridgehead atoms. The summed E-state index contributed by atoms with van der Waals surface area (Å²) in [6, 6.07) is 22.7. The Labute approximate surface area is 186 Å². The summed E-state index contributed by atoms with van der Waals surface area (Å²) in [7, 11) is 0. The third kappa shape index (κ3) is 5.85. The van der Waals surface area contributed by atoms with Gasteiger partial charge in [0.25, 0.3) is 5.91 Å². The van der Waals surface area contributed by atoms with Gasteiger partial charge in [-0.25, -0.2) is 0 Å². The molecule has 6 nitrogen and oxygen atoms in total. The number of hydrogen-bond donors (Lipinski definition) is 3. The van der Waals surface area contributed by atoms with Gasteiger partial charge >= 0.3 is 0 Å². The molecule has 4 rings (SSSR count). The van der Waals surface area contributed by atoms with Crippen molar-refractivity contribution >= 4 is 17.7 Å². The Hall–Kier alpha value is -2.87. The van der Waals surface area contributed by atoms with Crippen LogP contribution in [0.4, 0.5) is 0 Å². The summed E-state index contributed by atoms with van der Waals surface area (Å²) in [6.45, 7) is 0.434. The van der Waals surface area contributed by atoms with E-state index < -0.39 is 6.23 Å². The molecule has 160 valence electrons. The highest BCUT2D eigenvalue weighted by molar-refractivity contribution is 7.99. The summed E-state index contributed by atoms with van der Waals surface area (Å²) >= 11 is 1.71. The van der Waals surface area contributed by atoms with Gasteiger partial charge in [-0.05, 0) is 54.1 Å². The van der Waals surface area contributed by atoms with E-state index in [4.69, 9.17) is 4.74 Å². The molecule has 3 aromatic rings. The fraction of sp³-hybridized carbons (Fsp3) is 0.250. The zero-order valence-electron chi connectivity index (χ0n) is 17.0. The molecule has 1 unspecified atom stereocenters. The number of carbonyl (C=O) groups is 1. The van der Waals surface area contributed by atoms with Crippen LogP contribution in [0, 0.1) is 0 Å². The molecule has 2 aromatic carbocycles. The lowest BCUT2D eigenvalue weighted by Gasteiger charge is -2.24. The molecule has 0 spiro atoms. The third-order valence-electron chi connectivity index (χ3n) is 5.05. The van der Waals surface area contributed by atoms with Crippen molar-refractivity contribution in [1.29, 1.82) is 0 Å². The summed E-state index contributed by atoms with van der Waals surface area (Å²) in [6.07, 6.45) is 1.72. The Balaban J connectivity index is 1.33. The molecular formula is C24H25N3O3S. The average Bonchev–Trinajstić information content (AvgIpc) is 3.00. The molecule has 3 N–H and O–H groups in total. The number of aliphatic hydroxyl groups is 1. The van der Waals surface area contributed by atoms with Gasteiger partial charge in [0.2, 0.25) is 0 Å². The van der Waals surface area contributed by atoms with Crippen LogP contribution >= 0.6 is 11.8 Å². The maximum Gasteiger partial charge on any atom is 0.269 e. The van der Waals surface area contributed by atoms with Crippen molar-refractivity contribution in [3.8, 4) is 11.5 Å². The summed E-state index contributed by atoms with van der Waals surface area (Å²) in [4.78, 5) is 16.3. The molecule has 0 radical (unpaired) electrons. The van der Waals surface area contributed by atoms with Crippen LogP contribution in [0.25, 0.3) is 0 Å². The SMILES string of the molecule is O=C(NC[C@@H]1CCS[C@H](c2ccc(Oc3ccccc3)cc2)C(O)N1)c1ccccn1. The van der Waals surface area contributed by atoms with E-state index in [1.54, 1.807) is 36.2 Å². The average molecular weight is 436 g/mol. The molecule has 0 saturated carbocycles. The van der Waals surface area contributed by atoms with Gasteiger partial charge in [0.15, 0.2) is 0 Å². The Morgan fingerprint density at radius 2 is 1.81 bits per heavy atom. The monoisotopic (exact) mass is 435 g/mol. The molecule has 1 amide bonds. The van der Waals surface area contributed by atoms with Gasteiger partial charge in [-0.2, -0.15) is 0 Å². The van der Waals surface area contributed by atoms with Crippen molar-refractivity contribution < 1.29 is 14.6 Å². The third-order valence-corrected chi connectivity index (χ3v) is 6.41. The normalized spacial score (nSPS) is 21.1. The number of rotatable bonds is 6. The summed E-state index contributed by atoms with van der Waals surface area (Å²) < 4.78 is 5.85. The van der Waals surface area contributed by atoms with Crippen LogP contribution in [0.15, 0.2) is 79.0 Å². The van der Waals surface area contributed by atoms with Crippen molar-refractivity contribution in [2.24, 2.45) is 0 Å². The highest BCUT2D eigenvalue weighted by Crippen LogP contribution is 2.35. The Morgan fingerprint density at radius 3 is 2.55 bits per heavy atom. The van der Waals surface area contributed by atoms with Crippen molar-refractivity contribution in [1.82, 2.24) is 15.6 Å². The Bertz CT molecular complexity index is 970. The summed E-state index contributed by atoms with van der Waals surface area (Å²) in [5.74, 6) is 2.21. The number of thioether (sulfide) groups is 1. The zero-order valence-corrected chi connectivity index (χ0v) is 17.8. The first kappa shape index (κ1) is 21.4. The van der Waals surface area contributed by atoms with Gasteiger partial charge in [-0.3, -0.25) is 15.1 Å². The Morgan fingerprint density at radius 1 is 1.06 bits per heavy atom. The number of ether oxygens (including phenoxy) is 1. The van der Waals surface area contributed by atoms with Crippen molar-refractivity contribution in [2.75, 3.05) is 12.3 Å². The van der Waals surface area contributed by atoms with E-state index in [0.717, 1.165) is 29.2 Å². The van der Waals surface area contributed by atoms with Crippen LogP contribution in [-0.4, -0.2) is 40.6 Å². The van der Waals surface area contributed by atoms with Gasteiger partial charge in [0.05, 0.1) is 5.25 Å². The second-order valence-electron chi connectivity index (χ2n) is 7.30. The molecule has 7 heteroatoms. The van der Waals surface area contributed by atoms with E-state index in [1.807, 2.05) is 54.6 Å². The van der Waals surface area contributed by atoms with E-state index in [1.165, 1.54) is 0 Å². The van der Waals surface area contributed by atoms with Crippen LogP contribution in [0.5, 0.6) is 11.5 Å². The zero-order chi connectivity index (χ0) is 21.5.